The van der Waals surface area contributed by atoms with E-state index in [1.807, 2.05) is 0 Å². The molecule has 146 valence electrons. The number of Topliss-reactive ketones (excluding diaryl/α,β-unsaturated/α-hetero) is 1. The minimum Gasteiger partial charge on any atom is -0.467 e. The van der Waals surface area contributed by atoms with E-state index in [1.54, 1.807) is 25.2 Å². The number of hydrogen-bond acceptors (Lipinski definition) is 4. The minimum atomic E-state index is -5.18. The van der Waals surface area contributed by atoms with Gasteiger partial charge in [0.1, 0.15) is 5.76 Å². The van der Waals surface area contributed by atoms with Gasteiger partial charge in [0, 0.05) is 19.0 Å². The lowest BCUT2D eigenvalue weighted by atomic mass is 9.72. The van der Waals surface area contributed by atoms with Crippen LogP contribution >= 0.6 is 0 Å². The highest BCUT2D eigenvalue weighted by atomic mass is 19.4. The molecule has 0 spiro atoms. The zero-order valence-electron chi connectivity index (χ0n) is 15.1. The topological polar surface area (TPSA) is 79.6 Å². The molecule has 0 fully saturated rings. The summed E-state index contributed by atoms with van der Waals surface area (Å²) in [5.74, 6) is -2.96. The quantitative estimate of drug-likeness (QED) is 0.869. The van der Waals surface area contributed by atoms with Crippen molar-refractivity contribution in [3.63, 3.8) is 0 Å². The number of amides is 2. The van der Waals surface area contributed by atoms with Crippen LogP contribution in [0, 0.1) is 5.41 Å². The number of hydrogen-bond donors (Lipinski definition) is 1. The van der Waals surface area contributed by atoms with E-state index < -0.39 is 40.3 Å². The van der Waals surface area contributed by atoms with Crippen molar-refractivity contribution in [1.29, 1.82) is 0 Å². The van der Waals surface area contributed by atoms with Gasteiger partial charge in [0.05, 0.1) is 18.4 Å². The van der Waals surface area contributed by atoms with Gasteiger partial charge in [0.15, 0.2) is 5.78 Å². The van der Waals surface area contributed by atoms with E-state index in [2.05, 4.69) is 0 Å². The van der Waals surface area contributed by atoms with Gasteiger partial charge < -0.3 is 14.6 Å². The fourth-order valence-electron chi connectivity index (χ4n) is 3.82. The van der Waals surface area contributed by atoms with Gasteiger partial charge in [-0.1, -0.05) is 13.8 Å². The number of halogens is 3. The Kier molecular flexibility index (Phi) is 4.24. The van der Waals surface area contributed by atoms with Crippen LogP contribution in [0.4, 0.5) is 13.2 Å². The van der Waals surface area contributed by atoms with Crippen LogP contribution in [0.5, 0.6) is 0 Å². The molecule has 2 heterocycles. The number of nitrogens with one attached hydrogen (secondary N) is 1. The molecule has 0 saturated heterocycles. The van der Waals surface area contributed by atoms with E-state index in [0.717, 1.165) is 11.8 Å². The van der Waals surface area contributed by atoms with E-state index in [9.17, 15) is 27.6 Å². The summed E-state index contributed by atoms with van der Waals surface area (Å²) >= 11 is 0. The van der Waals surface area contributed by atoms with Crippen LogP contribution in [0.1, 0.15) is 39.4 Å². The molecular formula is C18H19F3N2O4. The van der Waals surface area contributed by atoms with Gasteiger partial charge in [-0.05, 0) is 24.0 Å². The lowest BCUT2D eigenvalue weighted by Crippen LogP contribution is -2.65. The van der Waals surface area contributed by atoms with Crippen molar-refractivity contribution in [3.8, 4) is 0 Å². The lowest BCUT2D eigenvalue weighted by Gasteiger charge is -2.35. The van der Waals surface area contributed by atoms with Crippen molar-refractivity contribution >= 4 is 17.6 Å². The third-order valence-electron chi connectivity index (χ3n) is 4.80. The molecule has 1 aliphatic heterocycles. The van der Waals surface area contributed by atoms with Gasteiger partial charge in [0.2, 0.25) is 11.4 Å². The number of allylic oxidation sites excluding steroid dienone is 1. The Morgan fingerprint density at radius 1 is 1.30 bits per heavy atom. The summed E-state index contributed by atoms with van der Waals surface area (Å²) in [6.45, 7) is 4.12. The van der Waals surface area contributed by atoms with E-state index >= 15 is 0 Å². The number of alkyl halides is 3. The van der Waals surface area contributed by atoms with Crippen LogP contribution in [-0.2, 0) is 20.9 Å². The van der Waals surface area contributed by atoms with Crippen molar-refractivity contribution in [2.24, 2.45) is 5.41 Å². The highest BCUT2D eigenvalue weighted by Crippen LogP contribution is 2.52. The normalized spacial score (nSPS) is 25.0. The summed E-state index contributed by atoms with van der Waals surface area (Å²) in [5, 5.41) is 1.75. The molecule has 9 heteroatoms. The van der Waals surface area contributed by atoms with Crippen LogP contribution < -0.4 is 5.32 Å². The maximum absolute atomic E-state index is 14.1. The van der Waals surface area contributed by atoms with Gasteiger partial charge in [-0.25, -0.2) is 0 Å². The van der Waals surface area contributed by atoms with Gasteiger partial charge in [-0.3, -0.25) is 14.4 Å². The predicted molar refractivity (Wildman–Crippen MR) is 86.9 cm³/mol. The van der Waals surface area contributed by atoms with Gasteiger partial charge in [0.25, 0.3) is 5.91 Å². The number of ketones is 1. The first-order valence-electron chi connectivity index (χ1n) is 8.36. The first-order valence-corrected chi connectivity index (χ1v) is 8.36. The van der Waals surface area contributed by atoms with E-state index in [0.29, 0.717) is 0 Å². The van der Waals surface area contributed by atoms with Crippen LogP contribution in [0.15, 0.2) is 34.1 Å². The minimum absolute atomic E-state index is 0.0104. The first kappa shape index (κ1) is 19.2. The standard InChI is InChI=1S/C18H19F3N2O4/c1-10(24)22-17(18(19,20)21)14-12(7-16(2,3)8-13(14)25)23(15(17)26)9-11-5-4-6-27-11/h4-6H,7-9H2,1-3H3,(H,22,24). The van der Waals surface area contributed by atoms with Crippen molar-refractivity contribution in [2.45, 2.75) is 51.9 Å². The van der Waals surface area contributed by atoms with Crippen molar-refractivity contribution in [3.05, 3.63) is 35.4 Å². The van der Waals surface area contributed by atoms with Gasteiger partial charge in [-0.2, -0.15) is 13.2 Å². The first-order chi connectivity index (χ1) is 12.4. The zero-order chi connectivity index (χ0) is 20.2. The fraction of sp³-hybridized carbons (Fsp3) is 0.500. The second-order valence-corrected chi connectivity index (χ2v) is 7.66. The molecule has 1 aromatic rings. The number of nitrogens with zero attached hydrogens (tertiary/aromatic N) is 1. The molecule has 1 aromatic heterocycles. The molecule has 1 atom stereocenters. The SMILES string of the molecule is CC(=O)NC1(C(F)(F)F)C(=O)N(Cc2ccco2)C2=C1C(=O)CC(C)(C)C2. The molecular weight excluding hydrogens is 365 g/mol. The fourth-order valence-corrected chi connectivity index (χ4v) is 3.82. The van der Waals surface area contributed by atoms with Crippen LogP contribution in [0.2, 0.25) is 0 Å². The number of carbonyl (C=O) groups excluding carboxylic acids is 3. The zero-order valence-corrected chi connectivity index (χ0v) is 15.1. The third kappa shape index (κ3) is 2.94. The summed E-state index contributed by atoms with van der Waals surface area (Å²) in [6, 6.07) is 3.07. The Bertz CT molecular complexity index is 839. The average Bonchev–Trinajstić information content (AvgIpc) is 3.06. The molecule has 0 bridgehead atoms. The summed E-state index contributed by atoms with van der Waals surface area (Å²) < 4.78 is 47.6. The monoisotopic (exact) mass is 384 g/mol. The number of carbonyl (C=O) groups is 3. The Morgan fingerprint density at radius 2 is 1.96 bits per heavy atom. The van der Waals surface area contributed by atoms with Crippen molar-refractivity contribution in [2.75, 3.05) is 0 Å². The Hall–Kier alpha value is -2.58. The summed E-state index contributed by atoms with van der Waals surface area (Å²) in [4.78, 5) is 38.2. The van der Waals surface area contributed by atoms with Crippen LogP contribution in [0.25, 0.3) is 0 Å². The second kappa shape index (κ2) is 5.97. The Labute approximate surface area is 153 Å². The van der Waals surface area contributed by atoms with E-state index in [4.69, 9.17) is 4.42 Å². The van der Waals surface area contributed by atoms with Gasteiger partial charge >= 0.3 is 6.18 Å². The molecule has 1 N–H and O–H groups in total. The Morgan fingerprint density at radius 3 is 2.48 bits per heavy atom. The second-order valence-electron chi connectivity index (χ2n) is 7.66. The maximum Gasteiger partial charge on any atom is 0.425 e. The smallest absolute Gasteiger partial charge is 0.425 e. The summed E-state index contributed by atoms with van der Waals surface area (Å²) in [7, 11) is 0. The third-order valence-corrected chi connectivity index (χ3v) is 4.80. The Balaban J connectivity index is 2.22. The average molecular weight is 384 g/mol. The summed E-state index contributed by atoms with van der Waals surface area (Å²) in [5.41, 5.74) is -4.67. The highest BCUT2D eigenvalue weighted by molar-refractivity contribution is 6.13. The number of furan rings is 1. The largest absolute Gasteiger partial charge is 0.467 e. The highest BCUT2D eigenvalue weighted by Gasteiger charge is 2.71. The molecule has 2 amide bonds. The molecule has 1 unspecified atom stereocenters. The van der Waals surface area contributed by atoms with Crippen molar-refractivity contribution < 1.29 is 32.0 Å². The van der Waals surface area contributed by atoms with E-state index in [-0.39, 0.29) is 30.8 Å². The molecule has 3 rings (SSSR count). The molecule has 0 aromatic carbocycles. The molecule has 1 aliphatic carbocycles. The predicted octanol–water partition coefficient (Wildman–Crippen LogP) is 2.70. The van der Waals surface area contributed by atoms with Gasteiger partial charge in [-0.15, -0.1) is 0 Å². The molecule has 27 heavy (non-hydrogen) atoms. The van der Waals surface area contributed by atoms with Crippen molar-refractivity contribution in [1.82, 2.24) is 10.2 Å². The molecule has 0 saturated carbocycles. The number of rotatable bonds is 3. The van der Waals surface area contributed by atoms with Crippen LogP contribution in [0.3, 0.4) is 0 Å². The molecule has 0 radical (unpaired) electrons. The lowest BCUT2D eigenvalue weighted by molar-refractivity contribution is -0.194. The summed E-state index contributed by atoms with van der Waals surface area (Å²) in [6.07, 6.45) is -3.89. The molecule has 6 nitrogen and oxygen atoms in total. The molecule has 2 aliphatic rings. The van der Waals surface area contributed by atoms with Crippen LogP contribution in [-0.4, -0.2) is 34.2 Å². The van der Waals surface area contributed by atoms with E-state index in [1.165, 1.54) is 12.3 Å². The maximum atomic E-state index is 14.1.